The van der Waals surface area contributed by atoms with Crippen LogP contribution in [0.1, 0.15) is 41.4 Å². The molecule has 162 valence electrons. The molecular formula is C22H28ClFN4O2. The summed E-state index contributed by atoms with van der Waals surface area (Å²) in [5, 5.41) is 8.83. The zero-order chi connectivity index (χ0) is 20.8. The summed E-state index contributed by atoms with van der Waals surface area (Å²) in [4.78, 5) is 26.6. The molecule has 1 aliphatic rings. The van der Waals surface area contributed by atoms with Crippen LogP contribution in [0.15, 0.2) is 48.5 Å². The molecule has 3 rings (SSSR count). The van der Waals surface area contributed by atoms with Gasteiger partial charge in [-0.2, -0.15) is 0 Å². The topological polar surface area (TPSA) is 73.5 Å². The molecule has 1 unspecified atom stereocenters. The lowest BCUT2D eigenvalue weighted by Crippen LogP contribution is -2.48. The zero-order valence-electron chi connectivity index (χ0n) is 17.2. The molecule has 0 saturated carbocycles. The second-order valence-electron chi connectivity index (χ2n) is 7.45. The lowest BCUT2D eigenvalue weighted by atomic mass is 10.0. The first-order valence-electron chi connectivity index (χ1n) is 9.84. The van der Waals surface area contributed by atoms with Crippen molar-refractivity contribution in [2.45, 2.75) is 32.5 Å². The third-order valence-electron chi connectivity index (χ3n) is 4.81. The summed E-state index contributed by atoms with van der Waals surface area (Å²) in [7, 11) is 0. The molecule has 1 fully saturated rings. The van der Waals surface area contributed by atoms with Crippen LogP contribution in [-0.4, -0.2) is 42.5 Å². The van der Waals surface area contributed by atoms with Crippen molar-refractivity contribution in [1.82, 2.24) is 20.9 Å². The molecule has 3 N–H and O–H groups in total. The molecule has 0 bridgehead atoms. The van der Waals surface area contributed by atoms with Crippen molar-refractivity contribution in [2.24, 2.45) is 0 Å². The van der Waals surface area contributed by atoms with E-state index in [-0.39, 0.29) is 42.2 Å². The minimum absolute atomic E-state index is 0. The maximum atomic E-state index is 13.7. The normalized spacial score (nSPS) is 16.0. The maximum Gasteiger partial charge on any atom is 0.315 e. The first-order chi connectivity index (χ1) is 13.9. The Morgan fingerprint density at radius 3 is 2.60 bits per heavy atom. The van der Waals surface area contributed by atoms with Crippen molar-refractivity contribution in [3.63, 3.8) is 0 Å². The summed E-state index contributed by atoms with van der Waals surface area (Å²) in [6, 6.07) is 13.2. The van der Waals surface area contributed by atoms with Gasteiger partial charge in [-0.15, -0.1) is 12.4 Å². The summed E-state index contributed by atoms with van der Waals surface area (Å²) in [6.07, 6.45) is 0. The quantitative estimate of drug-likeness (QED) is 0.676. The molecule has 30 heavy (non-hydrogen) atoms. The highest BCUT2D eigenvalue weighted by Crippen LogP contribution is 2.25. The van der Waals surface area contributed by atoms with Gasteiger partial charge in [-0.3, -0.25) is 4.79 Å². The highest BCUT2D eigenvalue weighted by molar-refractivity contribution is 5.94. The van der Waals surface area contributed by atoms with Gasteiger partial charge in [0, 0.05) is 37.8 Å². The average Bonchev–Trinajstić information content (AvgIpc) is 2.72. The van der Waals surface area contributed by atoms with E-state index in [1.165, 1.54) is 12.1 Å². The molecule has 1 saturated heterocycles. The highest BCUT2D eigenvalue weighted by atomic mass is 35.5. The largest absolute Gasteiger partial charge is 0.336 e. The molecule has 2 aromatic carbocycles. The van der Waals surface area contributed by atoms with E-state index < -0.39 is 0 Å². The Hall–Kier alpha value is -2.64. The third kappa shape index (κ3) is 6.18. The number of hydrogen-bond donors (Lipinski definition) is 3. The number of carbonyl (C=O) groups is 2. The lowest BCUT2D eigenvalue weighted by molar-refractivity contribution is 0.0634. The van der Waals surface area contributed by atoms with Gasteiger partial charge >= 0.3 is 6.03 Å². The highest BCUT2D eigenvalue weighted by Gasteiger charge is 2.28. The van der Waals surface area contributed by atoms with Gasteiger partial charge in [-0.1, -0.05) is 24.3 Å². The minimum Gasteiger partial charge on any atom is -0.336 e. The Bertz CT molecular complexity index is 860. The third-order valence-corrected chi connectivity index (χ3v) is 4.81. The molecule has 8 heteroatoms. The zero-order valence-corrected chi connectivity index (χ0v) is 18.0. The first-order valence-corrected chi connectivity index (χ1v) is 9.84. The van der Waals surface area contributed by atoms with E-state index in [0.29, 0.717) is 31.7 Å². The summed E-state index contributed by atoms with van der Waals surface area (Å²) in [6.45, 7) is 6.01. The van der Waals surface area contributed by atoms with Gasteiger partial charge in [-0.05, 0) is 49.2 Å². The molecular weight excluding hydrogens is 407 g/mol. The first kappa shape index (κ1) is 23.6. The predicted molar refractivity (Wildman–Crippen MR) is 117 cm³/mol. The van der Waals surface area contributed by atoms with Crippen LogP contribution in [0, 0.1) is 5.82 Å². The van der Waals surface area contributed by atoms with Crippen molar-refractivity contribution in [3.05, 3.63) is 71.0 Å². The summed E-state index contributed by atoms with van der Waals surface area (Å²) in [5.74, 6) is -0.392. The van der Waals surface area contributed by atoms with Crippen LogP contribution in [0.2, 0.25) is 0 Å². The minimum atomic E-state index is -0.307. The SMILES string of the molecule is CC(C)NC(=O)NCc1ccc(C(=O)N2CCNCC2c2cccc(F)c2)cc1.Cl. The summed E-state index contributed by atoms with van der Waals surface area (Å²) in [5.41, 5.74) is 2.26. The van der Waals surface area contributed by atoms with Gasteiger partial charge < -0.3 is 20.9 Å². The van der Waals surface area contributed by atoms with Gasteiger partial charge in [0.1, 0.15) is 5.82 Å². The van der Waals surface area contributed by atoms with Crippen LogP contribution in [0.5, 0.6) is 0 Å². The van der Waals surface area contributed by atoms with Gasteiger partial charge in [0.15, 0.2) is 0 Å². The number of urea groups is 1. The fraction of sp³-hybridized carbons (Fsp3) is 0.364. The molecule has 0 aliphatic carbocycles. The lowest BCUT2D eigenvalue weighted by Gasteiger charge is -2.36. The Kier molecular flexibility index (Phi) is 8.62. The summed E-state index contributed by atoms with van der Waals surface area (Å²) >= 11 is 0. The van der Waals surface area contributed by atoms with Crippen LogP contribution >= 0.6 is 12.4 Å². The Balaban J connectivity index is 0.00000320. The van der Waals surface area contributed by atoms with Crippen molar-refractivity contribution >= 4 is 24.3 Å². The van der Waals surface area contributed by atoms with E-state index in [1.54, 1.807) is 23.1 Å². The number of hydrogen-bond acceptors (Lipinski definition) is 3. The van der Waals surface area contributed by atoms with E-state index in [1.807, 2.05) is 32.0 Å². The number of nitrogens with zero attached hydrogens (tertiary/aromatic N) is 1. The van der Waals surface area contributed by atoms with E-state index in [2.05, 4.69) is 16.0 Å². The molecule has 0 radical (unpaired) electrons. The molecule has 6 nitrogen and oxygen atoms in total. The van der Waals surface area contributed by atoms with Crippen LogP contribution in [0.4, 0.5) is 9.18 Å². The van der Waals surface area contributed by atoms with Gasteiger partial charge in [0.25, 0.3) is 5.91 Å². The number of rotatable bonds is 5. The van der Waals surface area contributed by atoms with E-state index in [4.69, 9.17) is 0 Å². The second kappa shape index (κ2) is 10.9. The van der Waals surface area contributed by atoms with Crippen molar-refractivity contribution < 1.29 is 14.0 Å². The molecule has 2 aromatic rings. The van der Waals surface area contributed by atoms with Crippen molar-refractivity contribution in [3.8, 4) is 0 Å². The number of halogens is 2. The van der Waals surface area contributed by atoms with Crippen LogP contribution in [-0.2, 0) is 6.54 Å². The Morgan fingerprint density at radius 1 is 1.20 bits per heavy atom. The average molecular weight is 435 g/mol. The van der Waals surface area contributed by atoms with Gasteiger partial charge in [0.2, 0.25) is 0 Å². The summed E-state index contributed by atoms with van der Waals surface area (Å²) < 4.78 is 13.7. The number of carbonyl (C=O) groups excluding carboxylic acids is 2. The molecule has 1 aliphatic heterocycles. The fourth-order valence-corrected chi connectivity index (χ4v) is 3.39. The second-order valence-corrected chi connectivity index (χ2v) is 7.45. The van der Waals surface area contributed by atoms with Gasteiger partial charge in [0.05, 0.1) is 6.04 Å². The van der Waals surface area contributed by atoms with E-state index >= 15 is 0 Å². The fourth-order valence-electron chi connectivity index (χ4n) is 3.39. The number of piperazine rings is 1. The van der Waals surface area contributed by atoms with E-state index in [9.17, 15) is 14.0 Å². The number of amides is 3. The van der Waals surface area contributed by atoms with Gasteiger partial charge in [-0.25, -0.2) is 9.18 Å². The molecule has 3 amide bonds. The molecule has 1 heterocycles. The molecule has 0 aromatic heterocycles. The molecule has 0 spiro atoms. The van der Waals surface area contributed by atoms with Crippen molar-refractivity contribution in [2.75, 3.05) is 19.6 Å². The van der Waals surface area contributed by atoms with Crippen LogP contribution in [0.3, 0.4) is 0 Å². The maximum absolute atomic E-state index is 13.7. The van der Waals surface area contributed by atoms with Crippen LogP contribution in [0.25, 0.3) is 0 Å². The monoisotopic (exact) mass is 434 g/mol. The standard InChI is InChI=1S/C22H27FN4O2.ClH/c1-15(2)26-22(29)25-13-16-6-8-17(9-7-16)21(28)27-11-10-24-14-20(27)18-4-3-5-19(23)12-18;/h3-9,12,15,20,24H,10-11,13-14H2,1-2H3,(H2,25,26,29);1H. The Labute approximate surface area is 182 Å². The van der Waals surface area contributed by atoms with Crippen molar-refractivity contribution in [1.29, 1.82) is 0 Å². The number of nitrogens with one attached hydrogen (secondary N) is 3. The van der Waals surface area contributed by atoms with Crippen LogP contribution < -0.4 is 16.0 Å². The smallest absolute Gasteiger partial charge is 0.315 e. The predicted octanol–water partition coefficient (Wildman–Crippen LogP) is 3.24. The molecule has 1 atom stereocenters. The Morgan fingerprint density at radius 2 is 1.93 bits per heavy atom. The van der Waals surface area contributed by atoms with E-state index in [0.717, 1.165) is 11.1 Å². The number of benzene rings is 2.